The summed E-state index contributed by atoms with van der Waals surface area (Å²) in [6, 6.07) is 8.08. The Morgan fingerprint density at radius 1 is 1.19 bits per heavy atom. The van der Waals surface area contributed by atoms with E-state index in [0.717, 1.165) is 4.31 Å². The van der Waals surface area contributed by atoms with E-state index in [0.29, 0.717) is 10.2 Å². The summed E-state index contributed by atoms with van der Waals surface area (Å²) in [7, 11) is 0.393. The van der Waals surface area contributed by atoms with E-state index in [-0.39, 0.29) is 22.9 Å². The van der Waals surface area contributed by atoms with E-state index in [2.05, 4.69) is 21.2 Å². The lowest BCUT2D eigenvalue weighted by atomic mass is 10.3. The number of rotatable bonds is 7. The molecule has 0 atom stereocenters. The molecule has 0 aliphatic heterocycles. The highest BCUT2D eigenvalue weighted by molar-refractivity contribution is 9.10. The molecule has 27 heavy (non-hydrogen) atoms. The monoisotopic (exact) mass is 460 g/mol. The number of benzene rings is 2. The summed E-state index contributed by atoms with van der Waals surface area (Å²) in [5.41, 5.74) is 0.267. The molecule has 2 rings (SSSR count). The molecule has 0 spiro atoms. The largest absolute Gasteiger partial charge is 0.495 e. The maximum atomic E-state index is 13.1. The number of halogens is 2. The molecule has 0 radical (unpaired) electrons. The summed E-state index contributed by atoms with van der Waals surface area (Å²) in [6.45, 7) is -0.341. The maximum absolute atomic E-state index is 13.1. The first-order chi connectivity index (χ1) is 12.6. The van der Waals surface area contributed by atoms with Crippen LogP contribution in [-0.4, -0.2) is 46.4 Å². The summed E-state index contributed by atoms with van der Waals surface area (Å²) in [5, 5.41) is 2.55. The summed E-state index contributed by atoms with van der Waals surface area (Å²) in [4.78, 5) is 12.0. The third-order valence-corrected chi connectivity index (χ3v) is 5.91. The van der Waals surface area contributed by atoms with Gasteiger partial charge in [-0.2, -0.15) is 0 Å². The first-order valence-electron chi connectivity index (χ1n) is 7.63. The Kier molecular flexibility index (Phi) is 6.79. The first kappa shape index (κ1) is 21.1. The lowest BCUT2D eigenvalue weighted by Gasteiger charge is -2.16. The van der Waals surface area contributed by atoms with Crippen LogP contribution < -0.4 is 14.8 Å². The molecule has 0 heterocycles. The zero-order valence-electron chi connectivity index (χ0n) is 14.8. The number of nitrogens with one attached hydrogen (secondary N) is 1. The fourth-order valence-electron chi connectivity index (χ4n) is 2.09. The molecule has 0 aromatic heterocycles. The molecule has 0 unspecified atom stereocenters. The zero-order chi connectivity index (χ0) is 20.2. The molecule has 0 fully saturated rings. The molecule has 0 aliphatic carbocycles. The molecule has 0 aliphatic rings. The van der Waals surface area contributed by atoms with Crippen LogP contribution in [0.15, 0.2) is 45.8 Å². The SMILES string of the molecule is COc1ccc(NC(=O)COc2ccc(F)cc2Br)cc1S(=O)(=O)N(C)C. The number of ether oxygens (including phenoxy) is 2. The Morgan fingerprint density at radius 3 is 2.44 bits per heavy atom. The summed E-state index contributed by atoms with van der Waals surface area (Å²) in [6.07, 6.45) is 0. The highest BCUT2D eigenvalue weighted by Crippen LogP contribution is 2.29. The predicted molar refractivity (Wildman–Crippen MR) is 102 cm³/mol. The number of carbonyl (C=O) groups excluding carboxylic acids is 1. The van der Waals surface area contributed by atoms with E-state index in [1.54, 1.807) is 0 Å². The molecule has 2 aromatic rings. The Bertz CT molecular complexity index is 950. The Morgan fingerprint density at radius 2 is 1.85 bits per heavy atom. The van der Waals surface area contributed by atoms with Gasteiger partial charge in [-0.25, -0.2) is 17.1 Å². The predicted octanol–water partition coefficient (Wildman–Crippen LogP) is 2.86. The van der Waals surface area contributed by atoms with Gasteiger partial charge < -0.3 is 14.8 Å². The molecule has 7 nitrogen and oxygen atoms in total. The number of amides is 1. The minimum atomic E-state index is -3.76. The second-order valence-corrected chi connectivity index (χ2v) is 8.54. The summed E-state index contributed by atoms with van der Waals surface area (Å²) < 4.78 is 49.7. The Labute approximate surface area is 165 Å². The van der Waals surface area contributed by atoms with Crippen molar-refractivity contribution < 1.29 is 27.1 Å². The topological polar surface area (TPSA) is 84.9 Å². The van der Waals surface area contributed by atoms with Crippen molar-refractivity contribution in [3.05, 3.63) is 46.7 Å². The van der Waals surface area contributed by atoms with Gasteiger partial charge in [0.2, 0.25) is 10.0 Å². The average molecular weight is 461 g/mol. The maximum Gasteiger partial charge on any atom is 0.262 e. The first-order valence-corrected chi connectivity index (χ1v) is 9.86. The van der Waals surface area contributed by atoms with Gasteiger partial charge in [-0.3, -0.25) is 4.79 Å². The quantitative estimate of drug-likeness (QED) is 0.686. The van der Waals surface area contributed by atoms with Gasteiger partial charge in [0, 0.05) is 19.8 Å². The third-order valence-electron chi connectivity index (χ3n) is 3.46. The van der Waals surface area contributed by atoms with E-state index in [1.807, 2.05) is 0 Å². The van der Waals surface area contributed by atoms with Crippen LogP contribution in [0.5, 0.6) is 11.5 Å². The van der Waals surface area contributed by atoms with Crippen molar-refractivity contribution in [3.8, 4) is 11.5 Å². The number of methoxy groups -OCH3 is 1. The molecule has 1 N–H and O–H groups in total. The number of carbonyl (C=O) groups is 1. The molecule has 0 bridgehead atoms. The molecule has 2 aromatic carbocycles. The van der Waals surface area contributed by atoms with Crippen LogP contribution in [0, 0.1) is 5.82 Å². The van der Waals surface area contributed by atoms with Crippen LogP contribution in [-0.2, 0) is 14.8 Å². The third kappa shape index (κ3) is 5.18. The number of anilines is 1. The van der Waals surface area contributed by atoms with Gasteiger partial charge in [-0.05, 0) is 52.3 Å². The van der Waals surface area contributed by atoms with Crippen molar-refractivity contribution >= 4 is 37.5 Å². The van der Waals surface area contributed by atoms with Crippen LogP contribution in [0.3, 0.4) is 0 Å². The lowest BCUT2D eigenvalue weighted by molar-refractivity contribution is -0.118. The van der Waals surface area contributed by atoms with Gasteiger partial charge in [0.05, 0.1) is 11.6 Å². The second kappa shape index (κ2) is 8.68. The van der Waals surface area contributed by atoms with Crippen molar-refractivity contribution in [1.82, 2.24) is 4.31 Å². The highest BCUT2D eigenvalue weighted by atomic mass is 79.9. The number of hydrogen-bond acceptors (Lipinski definition) is 5. The van der Waals surface area contributed by atoms with Gasteiger partial charge in [0.15, 0.2) is 6.61 Å². The highest BCUT2D eigenvalue weighted by Gasteiger charge is 2.23. The summed E-state index contributed by atoms with van der Waals surface area (Å²) in [5.74, 6) is -0.485. The molecule has 146 valence electrons. The summed E-state index contributed by atoms with van der Waals surface area (Å²) >= 11 is 3.14. The van der Waals surface area contributed by atoms with Crippen LogP contribution >= 0.6 is 15.9 Å². The fraction of sp³-hybridized carbons (Fsp3) is 0.235. The van der Waals surface area contributed by atoms with Gasteiger partial charge in [-0.15, -0.1) is 0 Å². The van der Waals surface area contributed by atoms with Crippen LogP contribution in [0.25, 0.3) is 0 Å². The number of nitrogens with zero attached hydrogens (tertiary/aromatic N) is 1. The van der Waals surface area contributed by atoms with Crippen LogP contribution in [0.1, 0.15) is 0 Å². The van der Waals surface area contributed by atoms with E-state index < -0.39 is 21.7 Å². The van der Waals surface area contributed by atoms with Crippen molar-refractivity contribution in [2.45, 2.75) is 4.90 Å². The molecule has 1 amide bonds. The molecule has 0 saturated carbocycles. The second-order valence-electron chi connectivity index (χ2n) is 5.56. The van der Waals surface area contributed by atoms with E-state index in [4.69, 9.17) is 9.47 Å². The standard InChI is InChI=1S/C17H18BrFN2O5S/c1-21(2)27(23,24)16-9-12(5-7-15(16)25-3)20-17(22)10-26-14-6-4-11(19)8-13(14)18/h4-9H,10H2,1-3H3,(H,20,22). The molecule has 0 saturated heterocycles. The molecular formula is C17H18BrFN2O5S. The number of sulfonamides is 1. The van der Waals surface area contributed by atoms with E-state index in [1.165, 1.54) is 57.6 Å². The number of hydrogen-bond donors (Lipinski definition) is 1. The zero-order valence-corrected chi connectivity index (χ0v) is 17.2. The lowest BCUT2D eigenvalue weighted by Crippen LogP contribution is -2.24. The Balaban J connectivity index is 2.14. The Hall–Kier alpha value is -2.17. The van der Waals surface area contributed by atoms with Crippen molar-refractivity contribution in [2.75, 3.05) is 33.1 Å². The van der Waals surface area contributed by atoms with Crippen LogP contribution in [0.4, 0.5) is 10.1 Å². The van der Waals surface area contributed by atoms with Crippen LogP contribution in [0.2, 0.25) is 0 Å². The average Bonchev–Trinajstić information content (AvgIpc) is 2.60. The van der Waals surface area contributed by atoms with Gasteiger partial charge in [0.1, 0.15) is 22.2 Å². The minimum Gasteiger partial charge on any atom is -0.495 e. The van der Waals surface area contributed by atoms with Crippen molar-refractivity contribution in [1.29, 1.82) is 0 Å². The van der Waals surface area contributed by atoms with Gasteiger partial charge in [-0.1, -0.05) is 0 Å². The molecular weight excluding hydrogens is 443 g/mol. The van der Waals surface area contributed by atoms with E-state index in [9.17, 15) is 17.6 Å². The van der Waals surface area contributed by atoms with Crippen molar-refractivity contribution in [2.24, 2.45) is 0 Å². The van der Waals surface area contributed by atoms with E-state index >= 15 is 0 Å². The molecule has 10 heteroatoms. The smallest absolute Gasteiger partial charge is 0.262 e. The minimum absolute atomic E-state index is 0.0741. The van der Waals surface area contributed by atoms with Gasteiger partial charge >= 0.3 is 0 Å². The van der Waals surface area contributed by atoms with Gasteiger partial charge in [0.25, 0.3) is 5.91 Å². The van der Waals surface area contributed by atoms with Crippen molar-refractivity contribution in [3.63, 3.8) is 0 Å². The normalized spacial score (nSPS) is 11.3. The fourth-order valence-corrected chi connectivity index (χ4v) is 3.63.